The van der Waals surface area contributed by atoms with Crippen molar-refractivity contribution in [2.45, 2.75) is 12.3 Å². The van der Waals surface area contributed by atoms with Gasteiger partial charge in [-0.2, -0.15) is 0 Å². The molecule has 1 aromatic heterocycles. The Balaban J connectivity index is 1.74. The standard InChI is InChI=1S/C28H21ClF2N2O4/c1-33-15-19(7-11-27(33)34)26(32-37)14-23(21-10-8-20(29)13-25(21)31)17-4-2-16(3-5-17)18-6-9-22(28(35)36)24(30)12-18/h2-13,15,23,37H,14H2,1H3,(H,35,36). The molecule has 0 bridgehead atoms. The van der Waals surface area contributed by atoms with Crippen LogP contribution in [0.5, 0.6) is 0 Å². The second-order valence-corrected chi connectivity index (χ2v) is 8.89. The normalized spacial score (nSPS) is 12.4. The van der Waals surface area contributed by atoms with E-state index in [4.69, 9.17) is 16.7 Å². The minimum atomic E-state index is -1.35. The van der Waals surface area contributed by atoms with Gasteiger partial charge in [-0.3, -0.25) is 4.79 Å². The molecule has 1 unspecified atom stereocenters. The number of aromatic carboxylic acids is 1. The Bertz CT molecular complexity index is 1570. The largest absolute Gasteiger partial charge is 0.478 e. The number of rotatable bonds is 7. The van der Waals surface area contributed by atoms with Crippen LogP contribution in [0.2, 0.25) is 5.02 Å². The molecule has 9 heteroatoms. The molecule has 6 nitrogen and oxygen atoms in total. The van der Waals surface area contributed by atoms with Gasteiger partial charge in [-0.05, 0) is 52.6 Å². The molecule has 0 aliphatic heterocycles. The van der Waals surface area contributed by atoms with Crippen LogP contribution >= 0.6 is 11.6 Å². The lowest BCUT2D eigenvalue weighted by Crippen LogP contribution is -2.18. The first-order chi connectivity index (χ1) is 17.7. The highest BCUT2D eigenvalue weighted by atomic mass is 35.5. The molecule has 2 N–H and O–H groups in total. The maximum Gasteiger partial charge on any atom is 0.338 e. The lowest BCUT2D eigenvalue weighted by Gasteiger charge is -2.20. The van der Waals surface area contributed by atoms with E-state index >= 15 is 4.39 Å². The fourth-order valence-corrected chi connectivity index (χ4v) is 4.30. The summed E-state index contributed by atoms with van der Waals surface area (Å²) in [6.45, 7) is 0. The summed E-state index contributed by atoms with van der Waals surface area (Å²) in [5, 5.41) is 22.5. The van der Waals surface area contributed by atoms with Crippen LogP contribution in [0.4, 0.5) is 8.78 Å². The fraction of sp³-hybridized carbons (Fsp3) is 0.107. The maximum absolute atomic E-state index is 15.0. The van der Waals surface area contributed by atoms with Crippen molar-refractivity contribution in [3.8, 4) is 11.1 Å². The highest BCUT2D eigenvalue weighted by Gasteiger charge is 2.22. The molecule has 0 aliphatic rings. The van der Waals surface area contributed by atoms with Gasteiger partial charge in [-0.1, -0.05) is 53.2 Å². The average Bonchev–Trinajstić information content (AvgIpc) is 2.87. The molecule has 4 rings (SSSR count). The number of carbonyl (C=O) groups is 1. The summed E-state index contributed by atoms with van der Waals surface area (Å²) in [5.74, 6) is -3.34. The van der Waals surface area contributed by atoms with Gasteiger partial charge in [-0.15, -0.1) is 0 Å². The van der Waals surface area contributed by atoms with E-state index in [1.165, 1.54) is 41.1 Å². The number of benzene rings is 3. The highest BCUT2D eigenvalue weighted by molar-refractivity contribution is 6.30. The molecular formula is C28H21ClF2N2O4. The summed E-state index contributed by atoms with van der Waals surface area (Å²) in [4.78, 5) is 22.9. The lowest BCUT2D eigenvalue weighted by molar-refractivity contribution is 0.0692. The highest BCUT2D eigenvalue weighted by Crippen LogP contribution is 2.34. The van der Waals surface area contributed by atoms with Crippen molar-refractivity contribution in [1.29, 1.82) is 0 Å². The summed E-state index contributed by atoms with van der Waals surface area (Å²) >= 11 is 5.96. The van der Waals surface area contributed by atoms with Gasteiger partial charge in [0.05, 0.1) is 11.3 Å². The fourth-order valence-electron chi connectivity index (χ4n) is 4.14. The van der Waals surface area contributed by atoms with Crippen LogP contribution in [-0.4, -0.2) is 26.6 Å². The molecule has 0 aliphatic carbocycles. The average molecular weight is 523 g/mol. The Hall–Kier alpha value is -4.30. The van der Waals surface area contributed by atoms with Gasteiger partial charge >= 0.3 is 5.97 Å². The molecule has 188 valence electrons. The number of oxime groups is 1. The number of aromatic nitrogens is 1. The van der Waals surface area contributed by atoms with Gasteiger partial charge in [0.15, 0.2) is 0 Å². The molecule has 3 aromatic carbocycles. The van der Waals surface area contributed by atoms with E-state index < -0.39 is 29.1 Å². The SMILES string of the molecule is Cn1cc(C(CC(c2ccc(-c3ccc(C(=O)O)c(F)c3)cc2)c2ccc(Cl)cc2F)=NO)ccc1=O. The Morgan fingerprint density at radius 3 is 2.27 bits per heavy atom. The zero-order chi connectivity index (χ0) is 26.7. The molecule has 37 heavy (non-hydrogen) atoms. The molecule has 0 fully saturated rings. The van der Waals surface area contributed by atoms with Crippen LogP contribution in [0.3, 0.4) is 0 Å². The molecular weight excluding hydrogens is 502 g/mol. The molecule has 1 heterocycles. The third-order valence-corrected chi connectivity index (χ3v) is 6.36. The van der Waals surface area contributed by atoms with E-state index in [0.29, 0.717) is 27.8 Å². The maximum atomic E-state index is 15.0. The second-order valence-electron chi connectivity index (χ2n) is 8.46. The Kier molecular flexibility index (Phi) is 7.50. The predicted octanol–water partition coefficient (Wildman–Crippen LogP) is 6.08. The molecule has 0 amide bonds. The molecule has 0 saturated carbocycles. The van der Waals surface area contributed by atoms with Gasteiger partial charge in [-0.25, -0.2) is 13.6 Å². The Morgan fingerprint density at radius 1 is 0.973 bits per heavy atom. The van der Waals surface area contributed by atoms with Crippen molar-refractivity contribution in [2.75, 3.05) is 0 Å². The van der Waals surface area contributed by atoms with Crippen LogP contribution in [0.1, 0.15) is 39.4 Å². The van der Waals surface area contributed by atoms with Crippen molar-refractivity contribution < 1.29 is 23.9 Å². The molecule has 1 atom stereocenters. The van der Waals surface area contributed by atoms with Gasteiger partial charge in [0, 0.05) is 42.2 Å². The third kappa shape index (κ3) is 5.59. The summed E-state index contributed by atoms with van der Waals surface area (Å²) in [6.07, 6.45) is 1.62. The summed E-state index contributed by atoms with van der Waals surface area (Å²) in [7, 11) is 1.57. The Morgan fingerprint density at radius 2 is 1.68 bits per heavy atom. The number of carboxylic acids is 1. The zero-order valence-electron chi connectivity index (χ0n) is 19.5. The van der Waals surface area contributed by atoms with E-state index in [-0.39, 0.29) is 22.7 Å². The summed E-state index contributed by atoms with van der Waals surface area (Å²) in [5.41, 5.74) is 2.19. The zero-order valence-corrected chi connectivity index (χ0v) is 20.3. The van der Waals surface area contributed by atoms with Crippen LogP contribution < -0.4 is 5.56 Å². The van der Waals surface area contributed by atoms with E-state index in [0.717, 1.165) is 6.07 Å². The van der Waals surface area contributed by atoms with Crippen molar-refractivity contribution in [1.82, 2.24) is 4.57 Å². The van der Waals surface area contributed by atoms with E-state index in [2.05, 4.69) is 5.16 Å². The first kappa shape index (κ1) is 25.8. The minimum Gasteiger partial charge on any atom is -0.478 e. The van der Waals surface area contributed by atoms with Crippen LogP contribution in [0.25, 0.3) is 11.1 Å². The summed E-state index contributed by atoms with van der Waals surface area (Å²) < 4.78 is 30.6. The number of aryl methyl sites for hydroxylation is 1. The third-order valence-electron chi connectivity index (χ3n) is 6.12. The van der Waals surface area contributed by atoms with Crippen LogP contribution in [0, 0.1) is 11.6 Å². The topological polar surface area (TPSA) is 91.9 Å². The van der Waals surface area contributed by atoms with E-state index in [1.807, 2.05) is 0 Å². The van der Waals surface area contributed by atoms with Crippen molar-refractivity contribution >= 4 is 23.3 Å². The number of nitrogens with zero attached hydrogens (tertiary/aromatic N) is 2. The molecule has 0 radical (unpaired) electrons. The summed E-state index contributed by atoms with van der Waals surface area (Å²) in [6, 6.07) is 18.0. The van der Waals surface area contributed by atoms with Gasteiger partial charge in [0.1, 0.15) is 11.6 Å². The van der Waals surface area contributed by atoms with Gasteiger partial charge < -0.3 is 14.9 Å². The number of pyridine rings is 1. The number of hydrogen-bond donors (Lipinski definition) is 2. The number of hydrogen-bond acceptors (Lipinski definition) is 4. The number of halogens is 3. The van der Waals surface area contributed by atoms with Crippen molar-refractivity contribution in [2.24, 2.45) is 12.2 Å². The second kappa shape index (κ2) is 10.8. The minimum absolute atomic E-state index is 0.0918. The first-order valence-electron chi connectivity index (χ1n) is 11.1. The van der Waals surface area contributed by atoms with E-state index in [1.54, 1.807) is 43.4 Å². The van der Waals surface area contributed by atoms with E-state index in [9.17, 15) is 19.2 Å². The monoisotopic (exact) mass is 522 g/mol. The molecule has 4 aromatic rings. The van der Waals surface area contributed by atoms with Crippen LogP contribution in [0.15, 0.2) is 88.9 Å². The van der Waals surface area contributed by atoms with Gasteiger partial charge in [0.2, 0.25) is 5.56 Å². The Labute approximate surface area is 215 Å². The smallest absolute Gasteiger partial charge is 0.338 e. The van der Waals surface area contributed by atoms with Gasteiger partial charge in [0.25, 0.3) is 0 Å². The first-order valence-corrected chi connectivity index (χ1v) is 11.5. The quantitative estimate of drug-likeness (QED) is 0.175. The van der Waals surface area contributed by atoms with Crippen molar-refractivity contribution in [3.63, 3.8) is 0 Å². The molecule has 0 saturated heterocycles. The predicted molar refractivity (Wildman–Crippen MR) is 137 cm³/mol. The lowest BCUT2D eigenvalue weighted by atomic mass is 9.84. The number of carboxylic acid groups (broad SMARTS) is 1. The van der Waals surface area contributed by atoms with Crippen molar-refractivity contribution in [3.05, 3.63) is 128 Å². The molecule has 0 spiro atoms. The van der Waals surface area contributed by atoms with Crippen LogP contribution in [-0.2, 0) is 7.05 Å².